The number of carbonyl (C=O) groups excluding carboxylic acids is 1. The minimum absolute atomic E-state index is 0.228. The van der Waals surface area contributed by atoms with Crippen LogP contribution in [0, 0.1) is 11.9 Å². The molecule has 2 fully saturated rings. The number of nitrogens with zero attached hydrogens (tertiary/aromatic N) is 3. The number of aromatic nitrogens is 3. The minimum Gasteiger partial charge on any atom is -0.390 e. The Morgan fingerprint density at radius 1 is 1.21 bits per heavy atom. The van der Waals surface area contributed by atoms with E-state index in [4.69, 9.17) is 5.73 Å². The SMILES string of the molecule is CC1CC2(O)CC(C)(O)CC(Nc3c(C(N)=O)cnn4cc(-c5ccc(F)nc5)cc34)(C1)C2. The maximum atomic E-state index is 13.3. The molecule has 33 heavy (non-hydrogen) atoms. The van der Waals surface area contributed by atoms with Gasteiger partial charge in [0.05, 0.1) is 34.2 Å². The van der Waals surface area contributed by atoms with Gasteiger partial charge in [-0.05, 0) is 56.7 Å². The standard InChI is InChI=1S/C24H28FN5O3/c1-14-6-23(11-22(2,32)12-24(33,7-14)13-23)29-20-17(21(26)31)9-28-30-10-16(5-18(20)30)15-3-4-19(25)27-8-15/h3-5,8-10,14,29,32-33H,6-7,11-13H2,1-2H3,(H2,26,31). The lowest BCUT2D eigenvalue weighted by atomic mass is 9.57. The predicted molar refractivity (Wildman–Crippen MR) is 121 cm³/mol. The van der Waals surface area contributed by atoms with Crippen LogP contribution in [-0.2, 0) is 0 Å². The molecule has 9 heteroatoms. The number of primary amides is 1. The number of hydrogen-bond donors (Lipinski definition) is 4. The molecule has 3 aromatic heterocycles. The van der Waals surface area contributed by atoms with Crippen LogP contribution < -0.4 is 11.1 Å². The third kappa shape index (κ3) is 3.95. The summed E-state index contributed by atoms with van der Waals surface area (Å²) in [5.74, 6) is -0.965. The Labute approximate surface area is 190 Å². The summed E-state index contributed by atoms with van der Waals surface area (Å²) in [6, 6.07) is 4.75. The Morgan fingerprint density at radius 2 is 2.00 bits per heavy atom. The summed E-state index contributed by atoms with van der Waals surface area (Å²) >= 11 is 0. The molecular weight excluding hydrogens is 425 g/mol. The maximum Gasteiger partial charge on any atom is 0.252 e. The highest BCUT2D eigenvalue weighted by atomic mass is 19.1. The van der Waals surface area contributed by atoms with Gasteiger partial charge in [0.1, 0.15) is 0 Å². The first-order valence-corrected chi connectivity index (χ1v) is 11.1. The molecule has 5 N–H and O–H groups in total. The van der Waals surface area contributed by atoms with E-state index in [-0.39, 0.29) is 11.5 Å². The number of nitrogens with two attached hydrogens (primary N) is 1. The zero-order chi connectivity index (χ0) is 23.6. The summed E-state index contributed by atoms with van der Waals surface area (Å²) in [6.45, 7) is 3.84. The van der Waals surface area contributed by atoms with Crippen molar-refractivity contribution < 1.29 is 19.4 Å². The molecule has 3 heterocycles. The molecule has 4 unspecified atom stereocenters. The Kier molecular flexibility index (Phi) is 4.77. The molecule has 2 bridgehead atoms. The minimum atomic E-state index is -1.05. The number of fused-ring (bicyclic) bond motifs is 3. The highest BCUT2D eigenvalue weighted by molar-refractivity contribution is 6.02. The molecule has 1 amide bonds. The molecule has 2 saturated carbocycles. The van der Waals surface area contributed by atoms with Gasteiger partial charge < -0.3 is 21.3 Å². The average Bonchev–Trinajstić information content (AvgIpc) is 3.10. The summed E-state index contributed by atoms with van der Waals surface area (Å²) in [7, 11) is 0. The van der Waals surface area contributed by atoms with Gasteiger partial charge in [-0.25, -0.2) is 9.50 Å². The molecule has 2 aliphatic rings. The average molecular weight is 454 g/mol. The monoisotopic (exact) mass is 453 g/mol. The van der Waals surface area contributed by atoms with E-state index in [0.29, 0.717) is 42.5 Å². The van der Waals surface area contributed by atoms with Crippen LogP contribution in [0.3, 0.4) is 0 Å². The molecule has 0 aliphatic heterocycles. The third-order valence-corrected chi connectivity index (χ3v) is 6.92. The van der Waals surface area contributed by atoms with E-state index in [1.807, 2.05) is 6.07 Å². The smallest absolute Gasteiger partial charge is 0.252 e. The Hall–Kier alpha value is -3.04. The third-order valence-electron chi connectivity index (χ3n) is 6.92. The second-order valence-electron chi connectivity index (χ2n) is 10.4. The van der Waals surface area contributed by atoms with Gasteiger partial charge in [-0.15, -0.1) is 0 Å². The van der Waals surface area contributed by atoms with Gasteiger partial charge in [0.25, 0.3) is 5.91 Å². The summed E-state index contributed by atoms with van der Waals surface area (Å²) < 4.78 is 14.9. The van der Waals surface area contributed by atoms with E-state index >= 15 is 0 Å². The van der Waals surface area contributed by atoms with E-state index in [1.54, 1.807) is 23.7 Å². The van der Waals surface area contributed by atoms with E-state index < -0.39 is 28.6 Å². The zero-order valence-corrected chi connectivity index (χ0v) is 18.7. The van der Waals surface area contributed by atoms with Crippen molar-refractivity contribution in [1.29, 1.82) is 0 Å². The molecule has 174 valence electrons. The number of aliphatic hydroxyl groups is 2. The first-order valence-electron chi connectivity index (χ1n) is 11.1. The van der Waals surface area contributed by atoms with Crippen molar-refractivity contribution in [3.8, 4) is 11.1 Å². The van der Waals surface area contributed by atoms with Crippen LogP contribution in [0.1, 0.15) is 56.3 Å². The van der Waals surface area contributed by atoms with Crippen molar-refractivity contribution in [3.63, 3.8) is 0 Å². The van der Waals surface area contributed by atoms with Gasteiger partial charge in [0.15, 0.2) is 0 Å². The fourth-order valence-corrected chi connectivity index (χ4v) is 6.42. The molecule has 8 nitrogen and oxygen atoms in total. The highest BCUT2D eigenvalue weighted by Gasteiger charge is 2.56. The van der Waals surface area contributed by atoms with Gasteiger partial charge in [0, 0.05) is 35.5 Å². The molecule has 2 aliphatic carbocycles. The largest absolute Gasteiger partial charge is 0.390 e. The summed E-state index contributed by atoms with van der Waals surface area (Å²) in [5, 5.41) is 30.1. The molecule has 4 atom stereocenters. The van der Waals surface area contributed by atoms with E-state index in [2.05, 4.69) is 22.3 Å². The zero-order valence-electron chi connectivity index (χ0n) is 18.7. The Balaban J connectivity index is 1.64. The lowest BCUT2D eigenvalue weighted by Crippen LogP contribution is -2.62. The van der Waals surface area contributed by atoms with Gasteiger partial charge >= 0.3 is 0 Å². The van der Waals surface area contributed by atoms with Crippen LogP contribution in [-0.4, -0.2) is 47.5 Å². The number of nitrogens with one attached hydrogen (secondary N) is 1. The van der Waals surface area contributed by atoms with E-state index in [1.165, 1.54) is 18.5 Å². The molecule has 5 rings (SSSR count). The number of amides is 1. The highest BCUT2D eigenvalue weighted by Crippen LogP contribution is 2.52. The van der Waals surface area contributed by atoms with Gasteiger partial charge in [-0.1, -0.05) is 6.92 Å². The van der Waals surface area contributed by atoms with Crippen molar-refractivity contribution in [2.24, 2.45) is 11.7 Å². The van der Waals surface area contributed by atoms with Crippen molar-refractivity contribution in [2.75, 3.05) is 5.32 Å². The van der Waals surface area contributed by atoms with Crippen molar-refractivity contribution >= 4 is 17.1 Å². The second-order valence-corrected chi connectivity index (χ2v) is 10.4. The number of hydrogen-bond acceptors (Lipinski definition) is 6. The summed E-state index contributed by atoms with van der Waals surface area (Å²) in [4.78, 5) is 16.0. The molecule has 0 aromatic carbocycles. The number of halogens is 1. The Bertz CT molecular complexity index is 1240. The molecular formula is C24H28FN5O3. The van der Waals surface area contributed by atoms with Crippen molar-refractivity contribution in [1.82, 2.24) is 14.6 Å². The number of anilines is 1. The van der Waals surface area contributed by atoms with Crippen LogP contribution in [0.5, 0.6) is 0 Å². The first kappa shape index (κ1) is 21.8. The van der Waals surface area contributed by atoms with E-state index in [9.17, 15) is 19.4 Å². The van der Waals surface area contributed by atoms with Crippen LogP contribution in [0.4, 0.5) is 10.1 Å². The van der Waals surface area contributed by atoms with Gasteiger partial charge in [-0.2, -0.15) is 9.49 Å². The fraction of sp³-hybridized carbons (Fsp3) is 0.458. The van der Waals surface area contributed by atoms with Crippen LogP contribution in [0.15, 0.2) is 36.8 Å². The van der Waals surface area contributed by atoms with Crippen LogP contribution >= 0.6 is 0 Å². The van der Waals surface area contributed by atoms with Gasteiger partial charge in [-0.3, -0.25) is 4.79 Å². The maximum absolute atomic E-state index is 13.3. The topological polar surface area (TPSA) is 126 Å². The lowest BCUT2D eigenvalue weighted by molar-refractivity contribution is -0.144. The fourth-order valence-electron chi connectivity index (χ4n) is 6.42. The molecule has 0 spiro atoms. The molecule has 0 saturated heterocycles. The summed E-state index contributed by atoms with van der Waals surface area (Å²) in [5.41, 5.74) is 5.84. The first-order chi connectivity index (χ1) is 15.5. The number of carbonyl (C=O) groups is 1. The van der Waals surface area contributed by atoms with Crippen molar-refractivity contribution in [2.45, 2.75) is 62.7 Å². The second kappa shape index (κ2) is 7.23. The van der Waals surface area contributed by atoms with Crippen LogP contribution in [0.25, 0.3) is 16.6 Å². The number of pyridine rings is 1. The quantitative estimate of drug-likeness (QED) is 0.450. The predicted octanol–water partition coefficient (Wildman–Crippen LogP) is 2.88. The van der Waals surface area contributed by atoms with Gasteiger partial charge in [0.2, 0.25) is 5.95 Å². The molecule has 3 aromatic rings. The van der Waals surface area contributed by atoms with Crippen molar-refractivity contribution in [3.05, 3.63) is 48.3 Å². The Morgan fingerprint density at radius 3 is 2.70 bits per heavy atom. The molecule has 0 radical (unpaired) electrons. The van der Waals surface area contributed by atoms with E-state index in [0.717, 1.165) is 12.0 Å². The summed E-state index contributed by atoms with van der Waals surface area (Å²) in [6.07, 6.45) is 7.18. The number of rotatable bonds is 4. The van der Waals surface area contributed by atoms with Crippen LogP contribution in [0.2, 0.25) is 0 Å². The normalized spacial score (nSPS) is 31.5. The lowest BCUT2D eigenvalue weighted by Gasteiger charge is -2.57.